The molecule has 0 bridgehead atoms. The van der Waals surface area contributed by atoms with E-state index in [0.717, 1.165) is 0 Å². The maximum Gasteiger partial charge on any atom is 0.573 e. The number of pyridine rings is 2. The fourth-order valence-corrected chi connectivity index (χ4v) is 6.42. The molecule has 0 aliphatic heterocycles. The zero-order valence-corrected chi connectivity index (χ0v) is 30.0. The van der Waals surface area contributed by atoms with E-state index in [1.54, 1.807) is 84.9 Å². The van der Waals surface area contributed by atoms with Gasteiger partial charge in [0.05, 0.1) is 5.75 Å². The van der Waals surface area contributed by atoms with Crippen molar-refractivity contribution < 1.29 is 49.0 Å². The van der Waals surface area contributed by atoms with Crippen molar-refractivity contribution in [1.82, 2.24) is 9.97 Å². The van der Waals surface area contributed by atoms with Gasteiger partial charge < -0.3 is 25.4 Å². The Hall–Kier alpha value is -6.82. The molecule has 6 aromatic rings. The van der Waals surface area contributed by atoms with Crippen LogP contribution in [0.2, 0.25) is 0 Å². The van der Waals surface area contributed by atoms with E-state index in [1.165, 1.54) is 48.8 Å². The number of sulfonamides is 1. The minimum Gasteiger partial charge on any atom is -0.406 e. The van der Waals surface area contributed by atoms with Gasteiger partial charge in [-0.1, -0.05) is 42.5 Å². The predicted octanol–water partition coefficient (Wildman–Crippen LogP) is 9.87. The van der Waals surface area contributed by atoms with Gasteiger partial charge in [0, 0.05) is 70.4 Å². The predicted molar refractivity (Wildman–Crippen MR) is 203 cm³/mol. The fraction of sp³-hybridized carbons (Fsp3) is 0.103. The summed E-state index contributed by atoms with van der Waals surface area (Å²) in [5.74, 6) is -1.20. The van der Waals surface area contributed by atoms with E-state index in [0.29, 0.717) is 51.0 Å². The summed E-state index contributed by atoms with van der Waals surface area (Å²) in [6.45, 7) is 0. The second kappa shape index (κ2) is 16.9. The lowest BCUT2D eigenvalue weighted by molar-refractivity contribution is -0.275. The zero-order chi connectivity index (χ0) is 40.6. The van der Waals surface area contributed by atoms with Crippen molar-refractivity contribution in [3.63, 3.8) is 0 Å². The quantitative estimate of drug-likeness (QED) is 0.0791. The van der Waals surface area contributed by atoms with Crippen molar-refractivity contribution >= 4 is 50.3 Å². The molecule has 0 aliphatic rings. The first kappa shape index (κ1) is 39.9. The van der Waals surface area contributed by atoms with E-state index in [-0.39, 0.29) is 12.1 Å². The van der Waals surface area contributed by atoms with Crippen LogP contribution in [0.25, 0.3) is 22.3 Å². The lowest BCUT2D eigenvalue weighted by atomic mass is 10.1. The number of anilines is 6. The normalized spacial score (nSPS) is 11.7. The number of hydrogen-bond donors (Lipinski definition) is 4. The highest BCUT2D eigenvalue weighted by Gasteiger charge is 2.32. The number of hydrogen-bond acceptors (Lipinski definition) is 9. The summed E-state index contributed by atoms with van der Waals surface area (Å²) in [7, 11) is -3.98. The lowest BCUT2D eigenvalue weighted by Crippen LogP contribution is -2.22. The molecule has 0 radical (unpaired) electrons. The first-order valence-corrected chi connectivity index (χ1v) is 18.4. The number of halogens is 6. The molecule has 294 valence electrons. The van der Waals surface area contributed by atoms with Gasteiger partial charge in [0.2, 0.25) is 15.9 Å². The first-order valence-electron chi connectivity index (χ1n) is 16.7. The number of carbonyl (C=O) groups excluding carboxylic acids is 1. The van der Waals surface area contributed by atoms with Crippen molar-refractivity contribution in [3.8, 4) is 33.8 Å². The van der Waals surface area contributed by atoms with Crippen LogP contribution in [0.3, 0.4) is 0 Å². The van der Waals surface area contributed by atoms with Crippen LogP contribution in [-0.2, 0) is 14.8 Å². The summed E-state index contributed by atoms with van der Waals surface area (Å²) in [5.41, 5.74) is 3.71. The molecule has 18 heteroatoms. The maximum atomic E-state index is 13.0. The van der Waals surface area contributed by atoms with Gasteiger partial charge >= 0.3 is 12.7 Å². The Morgan fingerprint density at radius 2 is 1.14 bits per heavy atom. The van der Waals surface area contributed by atoms with Crippen LogP contribution in [0.15, 0.2) is 134 Å². The van der Waals surface area contributed by atoms with Crippen molar-refractivity contribution in [3.05, 3.63) is 134 Å². The molecule has 0 saturated heterocycles. The van der Waals surface area contributed by atoms with E-state index < -0.39 is 45.9 Å². The molecular weight excluding hydrogens is 779 g/mol. The van der Waals surface area contributed by atoms with Crippen LogP contribution in [-0.4, -0.2) is 42.8 Å². The van der Waals surface area contributed by atoms with Gasteiger partial charge in [0.15, 0.2) is 0 Å². The number of nitrogens with zero attached hydrogens (tertiary/aromatic N) is 2. The number of aromatic nitrogens is 2. The molecule has 0 spiro atoms. The lowest BCUT2D eigenvalue weighted by Gasteiger charge is -2.13. The van der Waals surface area contributed by atoms with E-state index in [1.807, 2.05) is 0 Å². The summed E-state index contributed by atoms with van der Waals surface area (Å²) in [6.07, 6.45) is -7.02. The summed E-state index contributed by atoms with van der Waals surface area (Å²) in [4.78, 5) is 21.6. The highest BCUT2D eigenvalue weighted by atomic mass is 32.2. The van der Waals surface area contributed by atoms with Crippen LogP contribution in [0.5, 0.6) is 11.5 Å². The highest BCUT2D eigenvalue weighted by Crippen LogP contribution is 2.31. The molecule has 1 amide bonds. The van der Waals surface area contributed by atoms with E-state index in [2.05, 4.69) is 40.1 Å². The molecule has 2 heterocycles. The van der Waals surface area contributed by atoms with Crippen molar-refractivity contribution in [1.29, 1.82) is 0 Å². The summed E-state index contributed by atoms with van der Waals surface area (Å²) in [5, 5.41) is 8.55. The number of benzene rings is 4. The Balaban J connectivity index is 1.03. The number of para-hydroxylation sites is 1. The van der Waals surface area contributed by atoms with Crippen LogP contribution >= 0.6 is 0 Å². The second-order valence-corrected chi connectivity index (χ2v) is 14.0. The topological polar surface area (TPSA) is 144 Å². The Morgan fingerprint density at radius 1 is 0.596 bits per heavy atom. The highest BCUT2D eigenvalue weighted by molar-refractivity contribution is 7.92. The molecule has 0 aliphatic carbocycles. The Labute approximate surface area is 321 Å². The molecule has 4 N–H and O–H groups in total. The smallest absolute Gasteiger partial charge is 0.406 e. The van der Waals surface area contributed by atoms with E-state index in [4.69, 9.17) is 0 Å². The van der Waals surface area contributed by atoms with Gasteiger partial charge in [-0.2, -0.15) is 0 Å². The third-order valence-corrected chi connectivity index (χ3v) is 9.07. The molecule has 0 fully saturated rings. The average Bonchev–Trinajstić information content (AvgIpc) is 3.14. The summed E-state index contributed by atoms with van der Waals surface area (Å²) < 4.78 is 112. The summed E-state index contributed by atoms with van der Waals surface area (Å²) in [6, 6.07) is 30.5. The molecule has 6 rings (SSSR count). The van der Waals surface area contributed by atoms with Crippen molar-refractivity contribution in [2.45, 2.75) is 19.1 Å². The number of carbonyl (C=O) groups is 1. The third-order valence-electron chi connectivity index (χ3n) is 7.79. The molecular formula is C39H30F6N6O5S. The minimum atomic E-state index is -4.83. The maximum absolute atomic E-state index is 13.0. The van der Waals surface area contributed by atoms with E-state index >= 15 is 0 Å². The largest absolute Gasteiger partial charge is 0.573 e. The number of ether oxygens (including phenoxy) is 2. The molecule has 11 nitrogen and oxygen atoms in total. The number of alkyl halides is 6. The van der Waals surface area contributed by atoms with Crippen LogP contribution in [0.1, 0.15) is 6.42 Å². The standard InChI is InChI=1S/C39H30F6N6O5S/c40-38(41,42)55-31-10-4-7-28(21-31)48-35-16-14-26(23-46-35)25-6-3-9-30(20-25)51-57(53,54)19-18-37(52)50-34-13-2-1-12-33(34)27-15-17-36(47-24-27)49-29-8-5-11-32(22-29)56-39(43,44)45/h1-17,20-24,51H,18-19H2,(H,46,48)(H,47,49)(H,50,52). The number of amides is 1. The van der Waals surface area contributed by atoms with Gasteiger partial charge in [0.25, 0.3) is 0 Å². The monoisotopic (exact) mass is 808 g/mol. The summed E-state index contributed by atoms with van der Waals surface area (Å²) >= 11 is 0. The Bertz CT molecular complexity index is 2450. The van der Waals surface area contributed by atoms with Gasteiger partial charge in [-0.25, -0.2) is 18.4 Å². The SMILES string of the molecule is O=C(CCS(=O)(=O)Nc1cccc(-c2ccc(Nc3cccc(OC(F)(F)F)c3)nc2)c1)Nc1ccccc1-c1ccc(Nc2cccc(OC(F)(F)F)c2)nc1. The first-order chi connectivity index (χ1) is 27.1. The molecule has 2 aromatic heterocycles. The van der Waals surface area contributed by atoms with Crippen molar-refractivity contribution in [2.24, 2.45) is 0 Å². The third kappa shape index (κ3) is 12.1. The number of nitrogens with one attached hydrogen (secondary N) is 4. The van der Waals surface area contributed by atoms with Crippen LogP contribution in [0, 0.1) is 0 Å². The molecule has 0 atom stereocenters. The van der Waals surface area contributed by atoms with Gasteiger partial charge in [-0.15, -0.1) is 26.3 Å². The molecule has 0 unspecified atom stereocenters. The van der Waals surface area contributed by atoms with Crippen LogP contribution < -0.4 is 30.1 Å². The molecule has 4 aromatic carbocycles. The average molecular weight is 809 g/mol. The van der Waals surface area contributed by atoms with Gasteiger partial charge in [0.1, 0.15) is 23.1 Å². The Kier molecular flexibility index (Phi) is 11.8. The van der Waals surface area contributed by atoms with Gasteiger partial charge in [-0.3, -0.25) is 9.52 Å². The minimum absolute atomic E-state index is 0.245. The molecule has 57 heavy (non-hydrogen) atoms. The van der Waals surface area contributed by atoms with Crippen molar-refractivity contribution in [2.75, 3.05) is 26.4 Å². The van der Waals surface area contributed by atoms with Gasteiger partial charge in [-0.05, 0) is 72.3 Å². The zero-order valence-electron chi connectivity index (χ0n) is 29.2. The number of rotatable bonds is 14. The molecule has 0 saturated carbocycles. The Morgan fingerprint density at radius 3 is 1.70 bits per heavy atom. The fourth-order valence-electron chi connectivity index (χ4n) is 5.38. The second-order valence-electron chi connectivity index (χ2n) is 12.1. The van der Waals surface area contributed by atoms with Crippen LogP contribution in [0.4, 0.5) is 60.7 Å². The van der Waals surface area contributed by atoms with E-state index in [9.17, 15) is 39.6 Å².